The lowest BCUT2D eigenvalue weighted by atomic mass is 9.99. The molecule has 23 heavy (non-hydrogen) atoms. The summed E-state index contributed by atoms with van der Waals surface area (Å²) in [5.41, 5.74) is 2.88. The average Bonchev–Trinajstić information content (AvgIpc) is 2.92. The standard InChI is InChI=1S/C13H17N5O3S2/c1-13(2,3)8-14-16-11(19)7-15-23(20,21)10-6-4-5-9-12(10)18-22-17-9/h4-6,8,15H,7H2,1-3H3,(H,16,19). The summed E-state index contributed by atoms with van der Waals surface area (Å²) in [6.07, 6.45) is 1.57. The fourth-order valence-corrected chi connectivity index (χ4v) is 3.32. The minimum absolute atomic E-state index is 0.00487. The van der Waals surface area contributed by atoms with Gasteiger partial charge in [0.1, 0.15) is 15.9 Å². The number of hydrogen-bond donors (Lipinski definition) is 2. The van der Waals surface area contributed by atoms with Crippen LogP contribution in [0, 0.1) is 5.41 Å². The summed E-state index contributed by atoms with van der Waals surface area (Å²) in [4.78, 5) is 11.6. The molecule has 0 aliphatic carbocycles. The lowest BCUT2D eigenvalue weighted by Gasteiger charge is -2.10. The Balaban J connectivity index is 2.03. The van der Waals surface area contributed by atoms with Crippen molar-refractivity contribution in [3.63, 3.8) is 0 Å². The number of rotatable bonds is 5. The van der Waals surface area contributed by atoms with E-state index in [0.717, 1.165) is 11.7 Å². The lowest BCUT2D eigenvalue weighted by molar-refractivity contribution is -0.119. The van der Waals surface area contributed by atoms with Gasteiger partial charge in [-0.3, -0.25) is 4.79 Å². The van der Waals surface area contributed by atoms with Crippen LogP contribution in [0.4, 0.5) is 0 Å². The van der Waals surface area contributed by atoms with Gasteiger partial charge in [0.2, 0.25) is 10.0 Å². The van der Waals surface area contributed by atoms with Crippen molar-refractivity contribution in [1.82, 2.24) is 18.9 Å². The lowest BCUT2D eigenvalue weighted by Crippen LogP contribution is -2.35. The molecule has 2 aromatic rings. The second-order valence-electron chi connectivity index (χ2n) is 5.87. The van der Waals surface area contributed by atoms with Gasteiger partial charge in [0, 0.05) is 6.21 Å². The number of sulfonamides is 1. The molecule has 10 heteroatoms. The van der Waals surface area contributed by atoms with Crippen LogP contribution < -0.4 is 10.1 Å². The molecule has 0 spiro atoms. The van der Waals surface area contributed by atoms with E-state index in [-0.39, 0.29) is 15.8 Å². The Kier molecular flexibility index (Phi) is 5.07. The van der Waals surface area contributed by atoms with Gasteiger partial charge >= 0.3 is 0 Å². The summed E-state index contributed by atoms with van der Waals surface area (Å²) in [7, 11) is -3.86. The maximum absolute atomic E-state index is 12.3. The highest BCUT2D eigenvalue weighted by Gasteiger charge is 2.20. The minimum atomic E-state index is -3.86. The molecule has 1 heterocycles. The molecule has 0 unspecified atom stereocenters. The Labute approximate surface area is 138 Å². The molecule has 0 radical (unpaired) electrons. The Morgan fingerprint density at radius 3 is 2.78 bits per heavy atom. The van der Waals surface area contributed by atoms with Crippen molar-refractivity contribution in [2.45, 2.75) is 25.7 Å². The van der Waals surface area contributed by atoms with Crippen molar-refractivity contribution in [1.29, 1.82) is 0 Å². The molecule has 0 aliphatic rings. The molecule has 8 nitrogen and oxygen atoms in total. The second-order valence-corrected chi connectivity index (χ2v) is 8.14. The van der Waals surface area contributed by atoms with Crippen LogP contribution in [0.5, 0.6) is 0 Å². The summed E-state index contributed by atoms with van der Waals surface area (Å²) in [6, 6.07) is 4.67. The molecule has 1 aromatic heterocycles. The van der Waals surface area contributed by atoms with Crippen LogP contribution in [0.25, 0.3) is 11.0 Å². The zero-order valence-corrected chi connectivity index (χ0v) is 14.5. The predicted octanol–water partition coefficient (Wildman–Crippen LogP) is 1.12. The number of fused-ring (bicyclic) bond motifs is 1. The summed E-state index contributed by atoms with van der Waals surface area (Å²) in [5.74, 6) is -0.558. The van der Waals surface area contributed by atoms with E-state index in [0.29, 0.717) is 5.52 Å². The van der Waals surface area contributed by atoms with Crippen molar-refractivity contribution in [3.8, 4) is 0 Å². The molecule has 2 rings (SSSR count). The molecular formula is C13H17N5O3S2. The molecule has 0 fully saturated rings. The van der Waals surface area contributed by atoms with Gasteiger partial charge in [0.15, 0.2) is 0 Å². The smallest absolute Gasteiger partial charge is 0.255 e. The monoisotopic (exact) mass is 355 g/mol. The number of amides is 1. The number of hydrazone groups is 1. The third-order valence-electron chi connectivity index (χ3n) is 2.60. The van der Waals surface area contributed by atoms with Gasteiger partial charge in [-0.05, 0) is 17.5 Å². The first-order valence-corrected chi connectivity index (χ1v) is 8.94. The zero-order chi connectivity index (χ0) is 17.1. The van der Waals surface area contributed by atoms with E-state index in [1.807, 2.05) is 20.8 Å². The summed E-state index contributed by atoms with van der Waals surface area (Å²) in [5, 5.41) is 3.78. The number of carbonyl (C=O) groups excluding carboxylic acids is 1. The highest BCUT2D eigenvalue weighted by Crippen LogP contribution is 2.20. The molecular weight excluding hydrogens is 338 g/mol. The van der Waals surface area contributed by atoms with E-state index in [4.69, 9.17) is 0 Å². The third kappa shape index (κ3) is 4.78. The topological polar surface area (TPSA) is 113 Å². The molecule has 1 aromatic carbocycles. The predicted molar refractivity (Wildman–Crippen MR) is 88.7 cm³/mol. The van der Waals surface area contributed by atoms with Crippen molar-refractivity contribution in [2.75, 3.05) is 6.54 Å². The Hall–Kier alpha value is -1.91. The number of benzene rings is 1. The molecule has 0 bridgehead atoms. The fraction of sp³-hybridized carbons (Fsp3) is 0.385. The van der Waals surface area contributed by atoms with Crippen LogP contribution >= 0.6 is 11.7 Å². The van der Waals surface area contributed by atoms with Crippen LogP contribution in [-0.4, -0.2) is 35.8 Å². The Morgan fingerprint density at radius 2 is 2.09 bits per heavy atom. The Morgan fingerprint density at radius 1 is 1.35 bits per heavy atom. The van der Waals surface area contributed by atoms with Crippen LogP contribution in [0.3, 0.4) is 0 Å². The van der Waals surface area contributed by atoms with Gasteiger partial charge in [-0.25, -0.2) is 18.6 Å². The van der Waals surface area contributed by atoms with E-state index in [1.165, 1.54) is 6.07 Å². The highest BCUT2D eigenvalue weighted by atomic mass is 32.2. The number of aromatic nitrogens is 2. The summed E-state index contributed by atoms with van der Waals surface area (Å²) >= 11 is 0.930. The summed E-state index contributed by atoms with van der Waals surface area (Å²) < 4.78 is 34.8. The van der Waals surface area contributed by atoms with Crippen molar-refractivity contribution < 1.29 is 13.2 Å². The molecule has 2 N–H and O–H groups in total. The van der Waals surface area contributed by atoms with Gasteiger partial charge in [0.05, 0.1) is 18.3 Å². The molecule has 1 amide bonds. The van der Waals surface area contributed by atoms with E-state index in [2.05, 4.69) is 24.0 Å². The Bertz CT molecular complexity index is 837. The van der Waals surface area contributed by atoms with E-state index in [9.17, 15) is 13.2 Å². The second kappa shape index (κ2) is 6.69. The number of hydrogen-bond acceptors (Lipinski definition) is 7. The van der Waals surface area contributed by atoms with Gasteiger partial charge in [-0.1, -0.05) is 26.8 Å². The maximum Gasteiger partial charge on any atom is 0.255 e. The largest absolute Gasteiger partial charge is 0.272 e. The molecule has 124 valence electrons. The minimum Gasteiger partial charge on any atom is -0.272 e. The third-order valence-corrected chi connectivity index (χ3v) is 4.58. The number of nitrogens with one attached hydrogen (secondary N) is 2. The van der Waals surface area contributed by atoms with Crippen molar-refractivity contribution in [3.05, 3.63) is 18.2 Å². The first-order chi connectivity index (χ1) is 10.7. The first-order valence-electron chi connectivity index (χ1n) is 6.73. The van der Waals surface area contributed by atoms with Crippen LogP contribution in [0.15, 0.2) is 28.2 Å². The highest BCUT2D eigenvalue weighted by molar-refractivity contribution is 7.89. The SMILES string of the molecule is CC(C)(C)C=NNC(=O)CNS(=O)(=O)c1cccc2nsnc12. The number of nitrogens with zero attached hydrogens (tertiary/aromatic N) is 3. The van der Waals surface area contributed by atoms with Crippen LogP contribution in [0.1, 0.15) is 20.8 Å². The molecule has 0 saturated heterocycles. The van der Waals surface area contributed by atoms with Crippen molar-refractivity contribution >= 4 is 44.9 Å². The average molecular weight is 355 g/mol. The summed E-state index contributed by atoms with van der Waals surface area (Å²) in [6.45, 7) is 5.35. The van der Waals surface area contributed by atoms with E-state index >= 15 is 0 Å². The molecule has 0 atom stereocenters. The molecule has 0 aliphatic heterocycles. The maximum atomic E-state index is 12.3. The quantitative estimate of drug-likeness (QED) is 0.616. The van der Waals surface area contributed by atoms with Crippen molar-refractivity contribution in [2.24, 2.45) is 10.5 Å². The van der Waals surface area contributed by atoms with E-state index < -0.39 is 22.5 Å². The van der Waals surface area contributed by atoms with Crippen LogP contribution in [-0.2, 0) is 14.8 Å². The van der Waals surface area contributed by atoms with E-state index in [1.54, 1.807) is 18.3 Å². The van der Waals surface area contributed by atoms with Gasteiger partial charge in [0.25, 0.3) is 5.91 Å². The fourth-order valence-electron chi connectivity index (χ4n) is 1.57. The first kappa shape index (κ1) is 17.4. The number of carbonyl (C=O) groups is 1. The normalized spacial score (nSPS) is 12.8. The van der Waals surface area contributed by atoms with Gasteiger partial charge in [-0.2, -0.15) is 13.8 Å². The van der Waals surface area contributed by atoms with Gasteiger partial charge < -0.3 is 0 Å². The molecule has 0 saturated carbocycles. The van der Waals surface area contributed by atoms with Crippen LogP contribution in [0.2, 0.25) is 0 Å². The van der Waals surface area contributed by atoms with Gasteiger partial charge in [-0.15, -0.1) is 0 Å². The zero-order valence-electron chi connectivity index (χ0n) is 12.9.